The molecule has 5 heteroatoms. The highest BCUT2D eigenvalue weighted by molar-refractivity contribution is 6.12. The van der Waals surface area contributed by atoms with Crippen molar-refractivity contribution in [1.82, 2.24) is 4.90 Å². The molecule has 1 aliphatic heterocycles. The molecule has 0 aliphatic carbocycles. The first-order chi connectivity index (χ1) is 13.1. The third-order valence-electron chi connectivity index (χ3n) is 4.96. The summed E-state index contributed by atoms with van der Waals surface area (Å²) < 4.78 is 5.09. The fourth-order valence-corrected chi connectivity index (χ4v) is 3.26. The second kappa shape index (κ2) is 15.4. The number of hydrogen-bond donors (Lipinski definition) is 0. The van der Waals surface area contributed by atoms with E-state index in [2.05, 4.69) is 6.92 Å². The fraction of sp³-hybridized carbons (Fsp3) is 0.773. The van der Waals surface area contributed by atoms with Gasteiger partial charge in [0, 0.05) is 18.6 Å². The Labute approximate surface area is 164 Å². The molecule has 0 aromatic heterocycles. The Morgan fingerprint density at radius 2 is 1.22 bits per heavy atom. The van der Waals surface area contributed by atoms with Gasteiger partial charge in [0.2, 0.25) is 0 Å². The monoisotopic (exact) mass is 379 g/mol. The van der Waals surface area contributed by atoms with Crippen molar-refractivity contribution in [1.29, 1.82) is 0 Å². The van der Waals surface area contributed by atoms with Crippen LogP contribution in [0.1, 0.15) is 96.8 Å². The average Bonchev–Trinajstić information content (AvgIpc) is 2.97. The SMILES string of the molecule is CCCCCCCCCCCCCCCC(=O)OCCN1C(=O)C=CC1=O. The van der Waals surface area contributed by atoms with Gasteiger partial charge >= 0.3 is 5.97 Å². The highest BCUT2D eigenvalue weighted by Crippen LogP contribution is 2.13. The Morgan fingerprint density at radius 1 is 0.778 bits per heavy atom. The molecule has 0 fully saturated rings. The molecule has 2 amide bonds. The number of carbonyl (C=O) groups excluding carboxylic acids is 3. The van der Waals surface area contributed by atoms with Gasteiger partial charge in [-0.25, -0.2) is 0 Å². The van der Waals surface area contributed by atoms with E-state index < -0.39 is 0 Å². The molecule has 0 bridgehead atoms. The molecule has 5 nitrogen and oxygen atoms in total. The van der Waals surface area contributed by atoms with Gasteiger partial charge in [0.1, 0.15) is 6.61 Å². The molecule has 1 rings (SSSR count). The topological polar surface area (TPSA) is 63.7 Å². The van der Waals surface area contributed by atoms with Gasteiger partial charge in [0.05, 0.1) is 6.54 Å². The number of hydrogen-bond acceptors (Lipinski definition) is 4. The number of nitrogens with zero attached hydrogens (tertiary/aromatic N) is 1. The molecule has 0 N–H and O–H groups in total. The quantitative estimate of drug-likeness (QED) is 0.204. The van der Waals surface area contributed by atoms with Gasteiger partial charge in [-0.15, -0.1) is 0 Å². The van der Waals surface area contributed by atoms with Crippen molar-refractivity contribution in [2.24, 2.45) is 0 Å². The Hall–Kier alpha value is -1.65. The Kier molecular flexibility index (Phi) is 13.4. The van der Waals surface area contributed by atoms with Crippen LogP contribution in [0.4, 0.5) is 0 Å². The lowest BCUT2D eigenvalue weighted by molar-refractivity contribution is -0.147. The van der Waals surface area contributed by atoms with Crippen molar-refractivity contribution in [2.75, 3.05) is 13.2 Å². The maximum Gasteiger partial charge on any atom is 0.305 e. The van der Waals surface area contributed by atoms with E-state index in [9.17, 15) is 14.4 Å². The molecule has 27 heavy (non-hydrogen) atoms. The van der Waals surface area contributed by atoms with Crippen LogP contribution in [0.15, 0.2) is 12.2 Å². The molecule has 0 aromatic carbocycles. The van der Waals surface area contributed by atoms with Gasteiger partial charge in [-0.3, -0.25) is 19.3 Å². The third kappa shape index (κ3) is 11.6. The maximum absolute atomic E-state index is 11.7. The van der Waals surface area contributed by atoms with E-state index in [1.165, 1.54) is 82.8 Å². The van der Waals surface area contributed by atoms with Crippen molar-refractivity contribution >= 4 is 17.8 Å². The largest absolute Gasteiger partial charge is 0.464 e. The first-order valence-electron chi connectivity index (χ1n) is 10.8. The summed E-state index contributed by atoms with van der Waals surface area (Å²) in [5.74, 6) is -0.926. The van der Waals surface area contributed by atoms with E-state index in [-0.39, 0.29) is 30.9 Å². The number of amides is 2. The van der Waals surface area contributed by atoms with Crippen LogP contribution in [0.2, 0.25) is 0 Å². The lowest BCUT2D eigenvalue weighted by atomic mass is 10.0. The number of esters is 1. The predicted molar refractivity (Wildman–Crippen MR) is 107 cm³/mol. The van der Waals surface area contributed by atoms with E-state index in [0.717, 1.165) is 17.7 Å². The molecule has 0 radical (unpaired) electrons. The van der Waals surface area contributed by atoms with E-state index in [0.29, 0.717) is 6.42 Å². The van der Waals surface area contributed by atoms with E-state index in [4.69, 9.17) is 4.74 Å². The number of unbranched alkanes of at least 4 members (excludes halogenated alkanes) is 12. The van der Waals surface area contributed by atoms with E-state index in [1.54, 1.807) is 0 Å². The zero-order valence-electron chi connectivity index (χ0n) is 17.0. The molecule has 0 spiro atoms. The second-order valence-electron chi connectivity index (χ2n) is 7.37. The summed E-state index contributed by atoms with van der Waals surface area (Å²) in [6, 6.07) is 0. The van der Waals surface area contributed by atoms with Gasteiger partial charge < -0.3 is 4.74 Å². The second-order valence-corrected chi connectivity index (χ2v) is 7.37. The Morgan fingerprint density at radius 3 is 1.70 bits per heavy atom. The molecule has 1 heterocycles. The van der Waals surface area contributed by atoms with Crippen LogP contribution in [-0.4, -0.2) is 35.8 Å². The van der Waals surface area contributed by atoms with Crippen molar-refractivity contribution < 1.29 is 19.1 Å². The molecule has 0 saturated heterocycles. The smallest absolute Gasteiger partial charge is 0.305 e. The molecule has 1 aliphatic rings. The van der Waals surface area contributed by atoms with Crippen LogP contribution in [0.3, 0.4) is 0 Å². The number of ether oxygens (including phenoxy) is 1. The summed E-state index contributed by atoms with van der Waals surface area (Å²) in [5, 5.41) is 0. The van der Waals surface area contributed by atoms with Crippen LogP contribution in [0.25, 0.3) is 0 Å². The summed E-state index contributed by atoms with van der Waals surface area (Å²) in [4.78, 5) is 35.4. The standard InChI is InChI=1S/C22H37NO4/c1-2-3-4-5-6-7-8-9-10-11-12-13-14-15-22(26)27-19-18-23-20(24)16-17-21(23)25/h16-17H,2-15,18-19H2,1H3. The number of rotatable bonds is 17. The summed E-state index contributed by atoms with van der Waals surface area (Å²) >= 11 is 0. The highest BCUT2D eigenvalue weighted by Gasteiger charge is 2.22. The first kappa shape index (κ1) is 23.4. The van der Waals surface area contributed by atoms with Crippen LogP contribution in [0.5, 0.6) is 0 Å². The minimum absolute atomic E-state index is 0.0798. The van der Waals surface area contributed by atoms with Crippen LogP contribution >= 0.6 is 0 Å². The van der Waals surface area contributed by atoms with Crippen molar-refractivity contribution in [3.8, 4) is 0 Å². The minimum atomic E-state index is -0.340. The summed E-state index contributed by atoms with van der Waals surface area (Å²) in [5.41, 5.74) is 0. The summed E-state index contributed by atoms with van der Waals surface area (Å²) in [6.45, 7) is 2.47. The zero-order chi connectivity index (χ0) is 19.7. The Balaban J connectivity index is 1.82. The molecule has 0 atom stereocenters. The van der Waals surface area contributed by atoms with Gasteiger partial charge in [-0.05, 0) is 6.42 Å². The molecule has 0 unspecified atom stereocenters. The Bertz CT molecular complexity index is 455. The van der Waals surface area contributed by atoms with Crippen LogP contribution in [0, 0.1) is 0 Å². The van der Waals surface area contributed by atoms with Gasteiger partial charge in [-0.2, -0.15) is 0 Å². The average molecular weight is 380 g/mol. The normalized spacial score (nSPS) is 13.6. The van der Waals surface area contributed by atoms with Crippen LogP contribution in [-0.2, 0) is 19.1 Å². The van der Waals surface area contributed by atoms with Crippen LogP contribution < -0.4 is 0 Å². The minimum Gasteiger partial charge on any atom is -0.464 e. The molecular weight excluding hydrogens is 342 g/mol. The van der Waals surface area contributed by atoms with Gasteiger partial charge in [0.15, 0.2) is 0 Å². The summed E-state index contributed by atoms with van der Waals surface area (Å²) in [6.07, 6.45) is 19.4. The predicted octanol–water partition coefficient (Wildman–Crippen LogP) is 4.94. The first-order valence-corrected chi connectivity index (χ1v) is 10.8. The number of carbonyl (C=O) groups is 3. The lowest BCUT2D eigenvalue weighted by Crippen LogP contribution is -2.33. The fourth-order valence-electron chi connectivity index (χ4n) is 3.26. The molecule has 0 aromatic rings. The highest BCUT2D eigenvalue weighted by atomic mass is 16.5. The van der Waals surface area contributed by atoms with E-state index in [1.807, 2.05) is 0 Å². The molecule has 154 valence electrons. The lowest BCUT2D eigenvalue weighted by Gasteiger charge is -2.13. The molecular formula is C22H37NO4. The van der Waals surface area contributed by atoms with Crippen molar-refractivity contribution in [2.45, 2.75) is 96.8 Å². The van der Waals surface area contributed by atoms with E-state index >= 15 is 0 Å². The van der Waals surface area contributed by atoms with Gasteiger partial charge in [-0.1, -0.05) is 84.0 Å². The number of imide groups is 1. The van der Waals surface area contributed by atoms with Crippen molar-refractivity contribution in [3.05, 3.63) is 12.2 Å². The van der Waals surface area contributed by atoms with Crippen molar-refractivity contribution in [3.63, 3.8) is 0 Å². The summed E-state index contributed by atoms with van der Waals surface area (Å²) in [7, 11) is 0. The van der Waals surface area contributed by atoms with Gasteiger partial charge in [0.25, 0.3) is 11.8 Å². The zero-order valence-corrected chi connectivity index (χ0v) is 17.0. The molecule has 0 saturated carbocycles. The third-order valence-corrected chi connectivity index (χ3v) is 4.96. The maximum atomic E-state index is 11.7.